The molecule has 1 N–H and O–H groups in total. The quantitative estimate of drug-likeness (QED) is 0.855. The first-order valence-electron chi connectivity index (χ1n) is 11.2. The van der Waals surface area contributed by atoms with Crippen molar-refractivity contribution < 1.29 is 9.84 Å². The van der Waals surface area contributed by atoms with Crippen LogP contribution in [0.25, 0.3) is 0 Å². The summed E-state index contributed by atoms with van der Waals surface area (Å²) in [5.74, 6) is 2.40. The van der Waals surface area contributed by atoms with E-state index in [2.05, 4.69) is 36.6 Å². The zero-order valence-electron chi connectivity index (χ0n) is 17.7. The van der Waals surface area contributed by atoms with Gasteiger partial charge in [0.1, 0.15) is 5.82 Å². The Kier molecular flexibility index (Phi) is 5.79. The first kappa shape index (κ1) is 19.9. The summed E-state index contributed by atoms with van der Waals surface area (Å²) in [5.41, 5.74) is 0.956. The molecular weight excluding hydrogens is 352 g/mol. The topological polar surface area (TPSA) is 61.7 Å². The van der Waals surface area contributed by atoms with Gasteiger partial charge in [-0.15, -0.1) is 0 Å². The van der Waals surface area contributed by atoms with Crippen molar-refractivity contribution in [2.24, 2.45) is 5.92 Å². The number of aromatic nitrogens is 2. The lowest BCUT2D eigenvalue weighted by Gasteiger charge is -2.49. The molecule has 1 aromatic heterocycles. The Morgan fingerprint density at radius 1 is 1.14 bits per heavy atom. The minimum atomic E-state index is -0.236. The van der Waals surface area contributed by atoms with E-state index in [1.165, 1.54) is 12.8 Å². The summed E-state index contributed by atoms with van der Waals surface area (Å²) in [4.78, 5) is 14.4. The third-order valence-electron chi connectivity index (χ3n) is 6.76. The van der Waals surface area contributed by atoms with E-state index in [0.717, 1.165) is 75.7 Å². The van der Waals surface area contributed by atoms with Crippen LogP contribution in [0.3, 0.4) is 0 Å². The van der Waals surface area contributed by atoms with Gasteiger partial charge in [0.25, 0.3) is 0 Å². The van der Waals surface area contributed by atoms with Crippen LogP contribution in [0, 0.1) is 5.92 Å². The first-order valence-corrected chi connectivity index (χ1v) is 11.2. The Bertz CT molecular complexity index is 667. The molecule has 4 heterocycles. The van der Waals surface area contributed by atoms with Crippen LogP contribution in [0.4, 0.5) is 11.8 Å². The molecule has 6 heteroatoms. The molecule has 3 fully saturated rings. The molecule has 6 nitrogen and oxygen atoms in total. The lowest BCUT2D eigenvalue weighted by atomic mass is 9.80. The number of ether oxygens (including phenoxy) is 1. The number of aryl methyl sites for hydroxylation is 1. The fourth-order valence-corrected chi connectivity index (χ4v) is 4.94. The number of nitrogens with zero attached hydrogens (tertiary/aromatic N) is 4. The van der Waals surface area contributed by atoms with Crippen LogP contribution in [-0.2, 0) is 11.2 Å². The molecule has 0 radical (unpaired) electrons. The van der Waals surface area contributed by atoms with E-state index in [0.29, 0.717) is 5.92 Å². The summed E-state index contributed by atoms with van der Waals surface area (Å²) in [6.07, 6.45) is 6.79. The zero-order chi connectivity index (χ0) is 19.7. The molecule has 4 rings (SSSR count). The van der Waals surface area contributed by atoms with Crippen molar-refractivity contribution in [2.75, 3.05) is 36.0 Å². The molecule has 156 valence electrons. The molecule has 0 amide bonds. The largest absolute Gasteiger partial charge is 0.393 e. The van der Waals surface area contributed by atoms with Crippen molar-refractivity contribution in [3.8, 4) is 0 Å². The number of hydrogen-bond acceptors (Lipinski definition) is 6. The van der Waals surface area contributed by atoms with Gasteiger partial charge in [-0.05, 0) is 44.4 Å². The summed E-state index contributed by atoms with van der Waals surface area (Å²) in [6.45, 7) is 10.5. The van der Waals surface area contributed by atoms with Crippen LogP contribution < -0.4 is 9.80 Å². The van der Waals surface area contributed by atoms with E-state index >= 15 is 0 Å². The third kappa shape index (κ3) is 4.13. The summed E-state index contributed by atoms with van der Waals surface area (Å²) in [5, 5.41) is 10.4. The molecule has 0 unspecified atom stereocenters. The molecule has 1 aromatic rings. The Morgan fingerprint density at radius 3 is 2.50 bits per heavy atom. The highest BCUT2D eigenvalue weighted by Crippen LogP contribution is 2.40. The average Bonchev–Trinajstić information content (AvgIpc) is 3.22. The molecule has 3 aliphatic heterocycles. The van der Waals surface area contributed by atoms with Crippen LogP contribution >= 0.6 is 0 Å². The normalized spacial score (nSPS) is 27.8. The van der Waals surface area contributed by atoms with Crippen LogP contribution in [0.15, 0.2) is 6.07 Å². The number of rotatable bonds is 4. The molecule has 28 heavy (non-hydrogen) atoms. The Labute approximate surface area is 169 Å². The second-order valence-electron chi connectivity index (χ2n) is 9.23. The third-order valence-corrected chi connectivity index (χ3v) is 6.76. The monoisotopic (exact) mass is 388 g/mol. The van der Waals surface area contributed by atoms with E-state index in [9.17, 15) is 5.11 Å². The number of anilines is 2. The predicted octanol–water partition coefficient (Wildman–Crippen LogP) is 3.17. The Morgan fingerprint density at radius 2 is 1.86 bits per heavy atom. The van der Waals surface area contributed by atoms with Gasteiger partial charge < -0.3 is 19.6 Å². The summed E-state index contributed by atoms with van der Waals surface area (Å²) in [7, 11) is 0. The van der Waals surface area contributed by atoms with Gasteiger partial charge in [0, 0.05) is 44.4 Å². The lowest BCUT2D eigenvalue weighted by Crippen LogP contribution is -2.54. The first-order chi connectivity index (χ1) is 13.5. The van der Waals surface area contributed by atoms with Crippen molar-refractivity contribution in [3.05, 3.63) is 11.8 Å². The highest BCUT2D eigenvalue weighted by Gasteiger charge is 2.44. The summed E-state index contributed by atoms with van der Waals surface area (Å²) < 4.78 is 6.55. The molecule has 0 bridgehead atoms. The fourth-order valence-electron chi connectivity index (χ4n) is 4.94. The Balaban J connectivity index is 1.48. The van der Waals surface area contributed by atoms with Crippen LogP contribution in [0.2, 0.25) is 0 Å². The standard InChI is InChI=1S/C22H36N4O2/c1-4-17-13-20(24-21(23-17)26-9-5-6-10-26)25-11-7-22(8-12-25)15-18(27)14-19(28-22)16(2)3/h13,16,18-19,27H,4-12,14-15H2,1-3H3/t18-,19-/m1/s1. The molecule has 0 aromatic carbocycles. The molecule has 2 atom stereocenters. The van der Waals surface area contributed by atoms with Crippen LogP contribution in [-0.4, -0.2) is 59.1 Å². The zero-order valence-corrected chi connectivity index (χ0v) is 17.7. The highest BCUT2D eigenvalue weighted by molar-refractivity contribution is 5.47. The maximum Gasteiger partial charge on any atom is 0.227 e. The predicted molar refractivity (Wildman–Crippen MR) is 112 cm³/mol. The van der Waals surface area contributed by atoms with E-state index in [4.69, 9.17) is 14.7 Å². The van der Waals surface area contributed by atoms with E-state index in [1.807, 2.05) is 0 Å². The van der Waals surface area contributed by atoms with Gasteiger partial charge in [-0.3, -0.25) is 0 Å². The summed E-state index contributed by atoms with van der Waals surface area (Å²) >= 11 is 0. The molecule has 0 aliphatic carbocycles. The van der Waals surface area contributed by atoms with Crippen molar-refractivity contribution >= 4 is 11.8 Å². The Hall–Kier alpha value is -1.40. The van der Waals surface area contributed by atoms with Gasteiger partial charge in [0.05, 0.1) is 17.8 Å². The van der Waals surface area contributed by atoms with Crippen molar-refractivity contribution in [1.82, 2.24) is 9.97 Å². The summed E-state index contributed by atoms with van der Waals surface area (Å²) in [6, 6.07) is 2.16. The minimum absolute atomic E-state index is 0.165. The molecular formula is C22H36N4O2. The minimum Gasteiger partial charge on any atom is -0.393 e. The van der Waals surface area contributed by atoms with Crippen LogP contribution in [0.1, 0.15) is 65.0 Å². The van der Waals surface area contributed by atoms with Crippen molar-refractivity contribution in [1.29, 1.82) is 0 Å². The maximum atomic E-state index is 10.4. The van der Waals surface area contributed by atoms with E-state index < -0.39 is 0 Å². The second kappa shape index (κ2) is 8.15. The fraction of sp³-hybridized carbons (Fsp3) is 0.818. The molecule has 3 saturated heterocycles. The van der Waals surface area contributed by atoms with Gasteiger partial charge in [-0.25, -0.2) is 4.98 Å². The molecule has 1 spiro atoms. The highest BCUT2D eigenvalue weighted by atomic mass is 16.5. The van der Waals surface area contributed by atoms with Gasteiger partial charge in [0.15, 0.2) is 0 Å². The number of hydrogen-bond donors (Lipinski definition) is 1. The van der Waals surface area contributed by atoms with E-state index in [1.54, 1.807) is 0 Å². The number of aliphatic hydroxyl groups is 1. The van der Waals surface area contributed by atoms with Gasteiger partial charge in [0.2, 0.25) is 5.95 Å². The van der Waals surface area contributed by atoms with Crippen LogP contribution in [0.5, 0.6) is 0 Å². The van der Waals surface area contributed by atoms with Crippen molar-refractivity contribution in [3.63, 3.8) is 0 Å². The van der Waals surface area contributed by atoms with E-state index in [-0.39, 0.29) is 17.8 Å². The molecule has 3 aliphatic rings. The van der Waals surface area contributed by atoms with Gasteiger partial charge in [-0.1, -0.05) is 20.8 Å². The number of aliphatic hydroxyl groups excluding tert-OH is 1. The smallest absolute Gasteiger partial charge is 0.227 e. The average molecular weight is 389 g/mol. The number of piperidine rings is 1. The maximum absolute atomic E-state index is 10.4. The second-order valence-corrected chi connectivity index (χ2v) is 9.23. The molecule has 0 saturated carbocycles. The SMILES string of the molecule is CCc1cc(N2CCC3(CC2)C[C@H](O)C[C@H](C(C)C)O3)nc(N2CCCC2)n1. The van der Waals surface area contributed by atoms with Gasteiger partial charge in [-0.2, -0.15) is 4.98 Å². The van der Waals surface area contributed by atoms with Gasteiger partial charge >= 0.3 is 0 Å². The van der Waals surface area contributed by atoms with Crippen molar-refractivity contribution in [2.45, 2.75) is 83.5 Å². The lowest BCUT2D eigenvalue weighted by molar-refractivity contribution is -0.183.